The van der Waals surface area contributed by atoms with E-state index in [4.69, 9.17) is 22.3 Å². The van der Waals surface area contributed by atoms with Crippen LogP contribution in [0.2, 0.25) is 0 Å². The summed E-state index contributed by atoms with van der Waals surface area (Å²) in [5, 5.41) is 30.7. The molecule has 13 N–H and O–H groups in total. The molecule has 0 bridgehead atoms. The number of hydrogen-bond donors (Lipinski definition) is 10. The summed E-state index contributed by atoms with van der Waals surface area (Å²) < 4.78 is 0. The molecule has 0 saturated carbocycles. The van der Waals surface area contributed by atoms with Gasteiger partial charge in [-0.1, -0.05) is 13.8 Å². The Labute approximate surface area is 283 Å². The monoisotopic (exact) mass is 708 g/mol. The molecule has 0 rings (SSSR count). The van der Waals surface area contributed by atoms with Crippen molar-refractivity contribution in [2.24, 2.45) is 23.1 Å². The van der Waals surface area contributed by atoms with Gasteiger partial charge in [-0.2, -0.15) is 23.5 Å². The van der Waals surface area contributed by atoms with Gasteiger partial charge >= 0.3 is 5.97 Å². The molecule has 0 fully saturated rings. The van der Waals surface area contributed by atoms with Gasteiger partial charge in [0.05, 0.1) is 19.1 Å². The van der Waals surface area contributed by atoms with Crippen molar-refractivity contribution in [3.8, 4) is 0 Å². The maximum atomic E-state index is 13.4. The van der Waals surface area contributed by atoms with E-state index in [1.807, 2.05) is 6.26 Å². The lowest BCUT2D eigenvalue weighted by Crippen LogP contribution is -2.60. The number of nitrogens with two attached hydrogens (primary N) is 3. The van der Waals surface area contributed by atoms with E-state index in [0.29, 0.717) is 37.3 Å². The number of hydrogen-bond acceptors (Lipinski definition) is 12. The molecule has 0 aliphatic rings. The van der Waals surface area contributed by atoms with Crippen LogP contribution in [0, 0.1) is 5.92 Å². The lowest BCUT2D eigenvalue weighted by molar-refractivity contribution is -0.143. The number of unbranched alkanes of at least 4 members (excludes halogenated alkanes) is 1. The summed E-state index contributed by atoms with van der Waals surface area (Å²) in [5.74, 6) is -5.80. The minimum atomic E-state index is -1.60. The summed E-state index contributed by atoms with van der Waals surface area (Å²) in [7, 11) is 0. The molecule has 270 valence electrons. The second kappa shape index (κ2) is 24.1. The third-order valence-corrected chi connectivity index (χ3v) is 8.16. The van der Waals surface area contributed by atoms with Crippen molar-refractivity contribution in [2.75, 3.05) is 37.2 Å². The Hall–Kier alpha value is -3.13. The van der Waals surface area contributed by atoms with Crippen molar-refractivity contribution in [2.45, 2.75) is 88.6 Å². The van der Waals surface area contributed by atoms with Crippen LogP contribution in [0.4, 0.5) is 0 Å². The van der Waals surface area contributed by atoms with Gasteiger partial charge in [-0.05, 0) is 68.6 Å². The van der Waals surface area contributed by atoms with Gasteiger partial charge in [-0.25, -0.2) is 4.79 Å². The van der Waals surface area contributed by atoms with E-state index in [1.165, 1.54) is 23.5 Å². The quantitative estimate of drug-likeness (QED) is 0.0423. The molecular formula is C28H52N8O9S2. The summed E-state index contributed by atoms with van der Waals surface area (Å²) in [4.78, 5) is 88.7. The molecule has 0 spiro atoms. The van der Waals surface area contributed by atoms with E-state index in [9.17, 15) is 38.7 Å². The Morgan fingerprint density at radius 3 is 1.68 bits per heavy atom. The molecule has 0 aromatic rings. The number of aliphatic carboxylic acids is 1. The zero-order chi connectivity index (χ0) is 36.1. The Balaban J connectivity index is 5.99. The highest BCUT2D eigenvalue weighted by Gasteiger charge is 2.34. The Bertz CT molecular complexity index is 1050. The van der Waals surface area contributed by atoms with Crippen molar-refractivity contribution >= 4 is 64.9 Å². The average Bonchev–Trinajstić information content (AvgIpc) is 3.01. The van der Waals surface area contributed by atoms with Gasteiger partial charge in [0.2, 0.25) is 35.4 Å². The highest BCUT2D eigenvalue weighted by molar-refractivity contribution is 7.98. The van der Waals surface area contributed by atoms with Crippen LogP contribution in [0.25, 0.3) is 0 Å². The number of thioether (sulfide) groups is 2. The number of carboxylic acids is 1. The van der Waals surface area contributed by atoms with Crippen LogP contribution in [0.3, 0.4) is 0 Å². The highest BCUT2D eigenvalue weighted by atomic mass is 32.2. The van der Waals surface area contributed by atoms with Crippen LogP contribution < -0.4 is 43.8 Å². The van der Waals surface area contributed by atoms with Crippen molar-refractivity contribution in [3.63, 3.8) is 0 Å². The molecule has 0 aliphatic heterocycles. The van der Waals surface area contributed by atoms with E-state index < -0.39 is 96.6 Å². The SMILES string of the molecule is CSCC[C@H](NC(=O)[C@H](CC(N)=O)NC(=O)[C@H](CCCCN)NC(=O)[C@@H](N)CCSC)C(=O)N[C@H](C(=O)N[C@@H](CO)C(=O)O)C(C)C. The molecule has 0 aromatic carbocycles. The van der Waals surface area contributed by atoms with E-state index >= 15 is 0 Å². The van der Waals surface area contributed by atoms with Crippen LogP contribution in [0.5, 0.6) is 0 Å². The average molecular weight is 709 g/mol. The largest absolute Gasteiger partial charge is 0.480 e. The first kappa shape index (κ1) is 43.9. The van der Waals surface area contributed by atoms with Crippen molar-refractivity contribution in [1.82, 2.24) is 26.6 Å². The fourth-order valence-corrected chi connectivity index (χ4v) is 5.07. The van der Waals surface area contributed by atoms with Gasteiger partial charge < -0.3 is 54.0 Å². The molecule has 0 unspecified atom stereocenters. The Kier molecular flexibility index (Phi) is 22.5. The summed E-state index contributed by atoms with van der Waals surface area (Å²) in [5.41, 5.74) is 16.9. The van der Waals surface area contributed by atoms with Gasteiger partial charge in [0.15, 0.2) is 0 Å². The van der Waals surface area contributed by atoms with Crippen LogP contribution in [-0.4, -0.2) is 125 Å². The minimum absolute atomic E-state index is 0.0858. The van der Waals surface area contributed by atoms with E-state index in [2.05, 4.69) is 26.6 Å². The fraction of sp³-hybridized carbons (Fsp3) is 0.750. The minimum Gasteiger partial charge on any atom is -0.480 e. The maximum absolute atomic E-state index is 13.4. The summed E-state index contributed by atoms with van der Waals surface area (Å²) in [6, 6.07) is -7.56. The topological polar surface area (TPSA) is 298 Å². The lowest BCUT2D eigenvalue weighted by Gasteiger charge is -2.28. The van der Waals surface area contributed by atoms with Crippen molar-refractivity contribution in [1.29, 1.82) is 0 Å². The lowest BCUT2D eigenvalue weighted by atomic mass is 10.0. The zero-order valence-corrected chi connectivity index (χ0v) is 29.0. The number of carbonyl (C=O) groups excluding carboxylic acids is 6. The predicted octanol–water partition coefficient (Wildman–Crippen LogP) is -3.02. The van der Waals surface area contributed by atoms with E-state index in [0.717, 1.165) is 0 Å². The third kappa shape index (κ3) is 17.6. The molecule has 17 nitrogen and oxygen atoms in total. The van der Waals surface area contributed by atoms with Crippen LogP contribution >= 0.6 is 23.5 Å². The first-order valence-electron chi connectivity index (χ1n) is 15.2. The molecule has 6 atom stereocenters. The van der Waals surface area contributed by atoms with Gasteiger partial charge in [-0.3, -0.25) is 28.8 Å². The second-order valence-electron chi connectivity index (χ2n) is 11.1. The van der Waals surface area contributed by atoms with E-state index in [-0.39, 0.29) is 12.8 Å². The van der Waals surface area contributed by atoms with Crippen LogP contribution in [0.15, 0.2) is 0 Å². The molecule has 0 heterocycles. The van der Waals surface area contributed by atoms with Gasteiger partial charge in [0.1, 0.15) is 30.2 Å². The third-order valence-electron chi connectivity index (χ3n) is 6.88. The number of rotatable bonds is 25. The summed E-state index contributed by atoms with van der Waals surface area (Å²) >= 11 is 2.87. The molecule has 6 amide bonds. The summed E-state index contributed by atoms with van der Waals surface area (Å²) in [6.45, 7) is 2.68. The molecule has 0 radical (unpaired) electrons. The number of carbonyl (C=O) groups is 7. The zero-order valence-electron chi connectivity index (χ0n) is 27.4. The highest BCUT2D eigenvalue weighted by Crippen LogP contribution is 2.09. The molecule has 19 heteroatoms. The van der Waals surface area contributed by atoms with E-state index in [1.54, 1.807) is 20.1 Å². The van der Waals surface area contributed by atoms with Gasteiger partial charge in [-0.15, -0.1) is 0 Å². The predicted molar refractivity (Wildman–Crippen MR) is 180 cm³/mol. The number of aliphatic hydroxyl groups excluding tert-OH is 1. The smallest absolute Gasteiger partial charge is 0.328 e. The Morgan fingerprint density at radius 2 is 1.17 bits per heavy atom. The number of carboxylic acid groups (broad SMARTS) is 1. The molecule has 0 aromatic heterocycles. The number of amides is 6. The standard InChI is InChI=1S/C28H52N8O9S2/c1-15(2)22(27(43)35-20(14-37)28(44)45)36-25(41)18(9-12-47-4)33-26(42)19(13-21(31)38)34-24(40)17(7-5-6-10-29)32-23(39)16(30)8-11-46-3/h15-20,22,37H,5-14,29-30H2,1-4H3,(H2,31,38)(H,32,39)(H,33,42)(H,34,40)(H,35,43)(H,36,41)(H,44,45)/t16-,17-,18-,19-,20-,22-/m0/s1. The first-order chi connectivity index (χ1) is 22.1. The van der Waals surface area contributed by atoms with Crippen molar-refractivity contribution < 1.29 is 43.8 Å². The van der Waals surface area contributed by atoms with Crippen molar-refractivity contribution in [3.05, 3.63) is 0 Å². The van der Waals surface area contributed by atoms with Gasteiger partial charge in [0, 0.05) is 0 Å². The fourth-order valence-electron chi connectivity index (χ4n) is 4.11. The number of aliphatic hydroxyl groups is 1. The molecule has 47 heavy (non-hydrogen) atoms. The molecule has 0 aliphatic carbocycles. The number of nitrogens with one attached hydrogen (secondary N) is 5. The van der Waals surface area contributed by atoms with Crippen LogP contribution in [-0.2, 0) is 33.6 Å². The number of primary amides is 1. The normalized spacial score (nSPS) is 14.9. The van der Waals surface area contributed by atoms with Gasteiger partial charge in [0.25, 0.3) is 0 Å². The first-order valence-corrected chi connectivity index (χ1v) is 18.0. The summed E-state index contributed by atoms with van der Waals surface area (Å²) in [6.07, 6.45) is 4.66. The maximum Gasteiger partial charge on any atom is 0.328 e. The Morgan fingerprint density at radius 1 is 0.681 bits per heavy atom. The second-order valence-corrected chi connectivity index (χ2v) is 13.1. The van der Waals surface area contributed by atoms with Crippen LogP contribution in [0.1, 0.15) is 52.4 Å². The molecular weight excluding hydrogens is 656 g/mol. The molecule has 0 saturated heterocycles.